The van der Waals surface area contributed by atoms with Gasteiger partial charge in [0.05, 0.1) is 18.2 Å². The zero-order chi connectivity index (χ0) is 17.1. The molecule has 1 unspecified atom stereocenters. The number of nitrogens with zero attached hydrogens (tertiary/aromatic N) is 1. The van der Waals surface area contributed by atoms with Gasteiger partial charge in [0.2, 0.25) is 5.91 Å². The molecule has 1 atom stereocenters. The number of methoxy groups -OCH3 is 1. The molecule has 3 amide bonds. The second-order valence-electron chi connectivity index (χ2n) is 5.55. The topological polar surface area (TPSA) is 92.8 Å². The fourth-order valence-electron chi connectivity index (χ4n) is 2.37. The number of carbonyl (C=O) groups is 4. The van der Waals surface area contributed by atoms with Crippen molar-refractivity contribution in [3.05, 3.63) is 35.4 Å². The first kappa shape index (κ1) is 16.7. The van der Waals surface area contributed by atoms with Gasteiger partial charge in [-0.05, 0) is 18.1 Å². The van der Waals surface area contributed by atoms with E-state index in [4.69, 9.17) is 0 Å². The van der Waals surface area contributed by atoms with Crippen LogP contribution in [0.5, 0.6) is 0 Å². The van der Waals surface area contributed by atoms with Crippen LogP contribution in [0, 0.1) is 5.92 Å². The lowest BCUT2D eigenvalue weighted by Crippen LogP contribution is -2.49. The van der Waals surface area contributed by atoms with Crippen molar-refractivity contribution in [3.63, 3.8) is 0 Å². The number of hydrogen-bond acceptors (Lipinski definition) is 5. The molecule has 1 heterocycles. The summed E-state index contributed by atoms with van der Waals surface area (Å²) in [5.41, 5.74) is 0.553. The smallest absolute Gasteiger partial charge is 0.328 e. The number of carbonyl (C=O) groups excluding carboxylic acids is 4. The Morgan fingerprint density at radius 1 is 1.13 bits per heavy atom. The third-order valence-corrected chi connectivity index (χ3v) is 3.62. The standard InChI is InChI=1S/C16H18N2O5/c1-9(2)13(16(22)23-3)17-12(19)8-18-14(20)10-6-4-5-7-11(10)15(18)21/h4-7,9,13H,8H2,1-3H3,(H,17,19). The summed E-state index contributed by atoms with van der Waals surface area (Å²) in [6.45, 7) is 3.07. The molecule has 2 rings (SSSR count). The van der Waals surface area contributed by atoms with Crippen LogP contribution in [0.25, 0.3) is 0 Å². The maximum absolute atomic E-state index is 12.2. The molecule has 0 aliphatic carbocycles. The van der Waals surface area contributed by atoms with E-state index in [9.17, 15) is 19.2 Å². The van der Waals surface area contributed by atoms with Gasteiger partial charge in [-0.15, -0.1) is 0 Å². The minimum absolute atomic E-state index is 0.187. The van der Waals surface area contributed by atoms with E-state index in [-0.39, 0.29) is 17.0 Å². The predicted molar refractivity (Wildman–Crippen MR) is 80.6 cm³/mol. The summed E-state index contributed by atoms with van der Waals surface area (Å²) in [6, 6.07) is 5.56. The van der Waals surface area contributed by atoms with Crippen molar-refractivity contribution >= 4 is 23.7 Å². The number of nitrogens with one attached hydrogen (secondary N) is 1. The number of amides is 3. The number of hydrogen-bond donors (Lipinski definition) is 1. The van der Waals surface area contributed by atoms with Crippen molar-refractivity contribution in [2.75, 3.05) is 13.7 Å². The second-order valence-corrected chi connectivity index (χ2v) is 5.55. The van der Waals surface area contributed by atoms with E-state index < -0.39 is 36.3 Å². The molecule has 1 N–H and O–H groups in total. The van der Waals surface area contributed by atoms with Gasteiger partial charge in [-0.2, -0.15) is 0 Å². The van der Waals surface area contributed by atoms with E-state index in [0.717, 1.165) is 4.90 Å². The third kappa shape index (κ3) is 3.23. The van der Waals surface area contributed by atoms with Crippen molar-refractivity contribution in [1.29, 1.82) is 0 Å². The molecule has 0 fully saturated rings. The van der Waals surface area contributed by atoms with Gasteiger partial charge >= 0.3 is 5.97 Å². The van der Waals surface area contributed by atoms with Gasteiger partial charge in [0, 0.05) is 0 Å². The lowest BCUT2D eigenvalue weighted by atomic mass is 10.0. The summed E-state index contributed by atoms with van der Waals surface area (Å²) in [4.78, 5) is 49.0. The van der Waals surface area contributed by atoms with Crippen LogP contribution in [0.1, 0.15) is 34.6 Å². The van der Waals surface area contributed by atoms with E-state index in [0.29, 0.717) is 0 Å². The van der Waals surface area contributed by atoms with Crippen LogP contribution in [0.2, 0.25) is 0 Å². The van der Waals surface area contributed by atoms with Crippen LogP contribution in [0.15, 0.2) is 24.3 Å². The molecule has 1 aromatic rings. The van der Waals surface area contributed by atoms with Crippen molar-refractivity contribution in [2.45, 2.75) is 19.9 Å². The van der Waals surface area contributed by atoms with Crippen molar-refractivity contribution in [1.82, 2.24) is 10.2 Å². The Balaban J connectivity index is 2.08. The zero-order valence-corrected chi connectivity index (χ0v) is 13.2. The molecule has 7 heteroatoms. The second kappa shape index (κ2) is 6.60. The highest BCUT2D eigenvalue weighted by molar-refractivity contribution is 6.22. The highest BCUT2D eigenvalue weighted by atomic mass is 16.5. The summed E-state index contributed by atoms with van der Waals surface area (Å²) in [7, 11) is 1.23. The Morgan fingerprint density at radius 3 is 2.09 bits per heavy atom. The van der Waals surface area contributed by atoms with Crippen LogP contribution < -0.4 is 5.32 Å². The molecular weight excluding hydrogens is 300 g/mol. The minimum Gasteiger partial charge on any atom is -0.467 e. The molecule has 1 aliphatic heterocycles. The van der Waals surface area contributed by atoms with Gasteiger partial charge in [0.15, 0.2) is 0 Å². The van der Waals surface area contributed by atoms with E-state index >= 15 is 0 Å². The molecule has 0 saturated carbocycles. The van der Waals surface area contributed by atoms with Gasteiger partial charge in [-0.1, -0.05) is 26.0 Å². The fraction of sp³-hybridized carbons (Fsp3) is 0.375. The summed E-state index contributed by atoms with van der Waals surface area (Å²) in [6.07, 6.45) is 0. The van der Waals surface area contributed by atoms with E-state index in [2.05, 4.69) is 10.1 Å². The Hall–Kier alpha value is -2.70. The molecule has 1 aliphatic rings. The molecule has 23 heavy (non-hydrogen) atoms. The van der Waals surface area contributed by atoms with Gasteiger partial charge in [-0.3, -0.25) is 19.3 Å². The van der Waals surface area contributed by atoms with Gasteiger partial charge in [0.1, 0.15) is 12.6 Å². The van der Waals surface area contributed by atoms with Gasteiger partial charge < -0.3 is 10.1 Å². The number of benzene rings is 1. The highest BCUT2D eigenvalue weighted by Crippen LogP contribution is 2.21. The number of imide groups is 1. The number of ether oxygens (including phenoxy) is 1. The maximum Gasteiger partial charge on any atom is 0.328 e. The van der Waals surface area contributed by atoms with E-state index in [1.807, 2.05) is 0 Å². The van der Waals surface area contributed by atoms with Crippen LogP contribution in [-0.2, 0) is 14.3 Å². The summed E-state index contributed by atoms with van der Waals surface area (Å²) in [5, 5.41) is 2.50. The predicted octanol–water partition coefficient (Wildman–Crippen LogP) is 0.596. The minimum atomic E-state index is -0.831. The molecule has 1 aromatic carbocycles. The average molecular weight is 318 g/mol. The summed E-state index contributed by atoms with van der Waals surface area (Å²) < 4.78 is 4.64. The molecule has 0 radical (unpaired) electrons. The van der Waals surface area contributed by atoms with Gasteiger partial charge in [-0.25, -0.2) is 4.79 Å². The van der Waals surface area contributed by atoms with Crippen molar-refractivity contribution < 1.29 is 23.9 Å². The molecule has 7 nitrogen and oxygen atoms in total. The lowest BCUT2D eigenvalue weighted by Gasteiger charge is -2.21. The van der Waals surface area contributed by atoms with Crippen molar-refractivity contribution in [3.8, 4) is 0 Å². The van der Waals surface area contributed by atoms with Gasteiger partial charge in [0.25, 0.3) is 11.8 Å². The molecule has 0 bridgehead atoms. The Kier molecular flexibility index (Phi) is 4.78. The summed E-state index contributed by atoms with van der Waals surface area (Å²) >= 11 is 0. The fourth-order valence-corrected chi connectivity index (χ4v) is 2.37. The maximum atomic E-state index is 12.2. The molecule has 122 valence electrons. The lowest BCUT2D eigenvalue weighted by molar-refractivity contribution is -0.146. The first-order valence-corrected chi connectivity index (χ1v) is 7.19. The highest BCUT2D eigenvalue weighted by Gasteiger charge is 2.37. The molecule has 0 saturated heterocycles. The monoisotopic (exact) mass is 318 g/mol. The zero-order valence-electron chi connectivity index (χ0n) is 13.2. The SMILES string of the molecule is COC(=O)C(NC(=O)CN1C(=O)c2ccccc2C1=O)C(C)C. The van der Waals surface area contributed by atoms with E-state index in [1.54, 1.807) is 38.1 Å². The normalized spacial score (nSPS) is 14.7. The number of fused-ring (bicyclic) bond motifs is 1. The van der Waals surface area contributed by atoms with Crippen LogP contribution in [0.3, 0.4) is 0 Å². The van der Waals surface area contributed by atoms with E-state index in [1.165, 1.54) is 7.11 Å². The Morgan fingerprint density at radius 2 is 1.65 bits per heavy atom. The summed E-state index contributed by atoms with van der Waals surface area (Å²) in [5.74, 6) is -2.38. The quantitative estimate of drug-likeness (QED) is 0.634. The van der Waals surface area contributed by atoms with Crippen LogP contribution in [0.4, 0.5) is 0 Å². The number of esters is 1. The van der Waals surface area contributed by atoms with Crippen molar-refractivity contribution in [2.24, 2.45) is 5.92 Å². The Labute approximate surface area is 133 Å². The Bertz CT molecular complexity index is 633. The van der Waals surface area contributed by atoms with Crippen LogP contribution in [-0.4, -0.2) is 48.3 Å². The molecule has 0 aromatic heterocycles. The first-order valence-electron chi connectivity index (χ1n) is 7.19. The number of rotatable bonds is 5. The van der Waals surface area contributed by atoms with Crippen LogP contribution >= 0.6 is 0 Å². The third-order valence-electron chi connectivity index (χ3n) is 3.62. The molecule has 0 spiro atoms. The first-order chi connectivity index (χ1) is 10.9. The largest absolute Gasteiger partial charge is 0.467 e. The average Bonchev–Trinajstić information content (AvgIpc) is 2.77. The molecular formula is C16H18N2O5.